The summed E-state index contributed by atoms with van der Waals surface area (Å²) < 4.78 is 0. The van der Waals surface area contributed by atoms with Gasteiger partial charge in [0, 0.05) is 44.4 Å². The SMILES string of the molecule is CC[C@H](C)[C@H](NC(=O)[C@H](Cc1cnc[nH]1)NC(=O)[C@@H](NC(=O)[C@H](CO)NC(=O)[C@H](CCCCN)NC(=O)[C@H](CCCNC(=N)N)NC(=O)[C@@H](NC(=O)[C@H](CC(N)=O)NC(=O)[C@H](CC(N)=O)NC(=O)[C@@H](N)CO)[C@@H](C)O)[C@@H](C)CC)C(=O)NCC(=O)N1CCC[C@H]1C(=O)NCC(=O)N[C@@H](CCCNC(=N)N)C(=O)N[C@@H](C)C(=O)N[C@@H](Cc1ccccc1)C(=O)O. The molecule has 1 fully saturated rings. The minimum atomic E-state index is -2.02. The number of carboxylic acids is 1. The number of rotatable bonds is 57. The number of nitrogens with two attached hydrogens (primary N) is 6. The second-order valence-electron chi connectivity index (χ2n) is 29.8. The van der Waals surface area contributed by atoms with Crippen molar-refractivity contribution in [3.63, 3.8) is 0 Å². The highest BCUT2D eigenvalue weighted by atomic mass is 16.4. The molecule has 2 aromatic rings. The molecule has 124 heavy (non-hydrogen) atoms. The fourth-order valence-corrected chi connectivity index (χ4v) is 12.4. The van der Waals surface area contributed by atoms with Crippen LogP contribution in [0, 0.1) is 22.7 Å². The summed E-state index contributed by atoms with van der Waals surface area (Å²) in [6.07, 6.45) is -0.558. The molecule has 17 amide bonds. The van der Waals surface area contributed by atoms with E-state index < -0.39 is 254 Å². The first-order valence-corrected chi connectivity index (χ1v) is 40.4. The number of aromatic amines is 1. The summed E-state index contributed by atoms with van der Waals surface area (Å²) in [5.41, 5.74) is 33.7. The number of carbonyl (C=O) groups excluding carboxylic acids is 17. The van der Waals surface area contributed by atoms with Gasteiger partial charge in [-0.3, -0.25) is 92.3 Å². The van der Waals surface area contributed by atoms with Gasteiger partial charge in [0.1, 0.15) is 84.6 Å². The van der Waals surface area contributed by atoms with Gasteiger partial charge in [0.05, 0.1) is 51.6 Å². The molecule has 690 valence electrons. The molecular formula is C75H123N27O22. The molecule has 3 rings (SSSR count). The molecule has 35 N–H and O–H groups in total. The van der Waals surface area contributed by atoms with Gasteiger partial charge in [-0.1, -0.05) is 70.9 Å². The zero-order valence-electron chi connectivity index (χ0n) is 70.1. The highest BCUT2D eigenvalue weighted by Crippen LogP contribution is 2.19. The zero-order valence-corrected chi connectivity index (χ0v) is 70.1. The number of aliphatic hydroxyl groups excluding tert-OH is 3. The number of nitrogens with one attached hydrogen (secondary N) is 19. The number of hydrogen-bond acceptors (Lipinski definition) is 26. The molecule has 0 radical (unpaired) electrons. The van der Waals surface area contributed by atoms with Crippen LogP contribution in [0.3, 0.4) is 0 Å². The summed E-state index contributed by atoms with van der Waals surface area (Å²) in [6.45, 7) is 5.65. The first-order chi connectivity index (χ1) is 58.6. The highest BCUT2D eigenvalue weighted by molar-refractivity contribution is 6.02. The number of amides is 17. The number of hydrogen-bond donors (Lipinski definition) is 29. The molecule has 0 aliphatic carbocycles. The van der Waals surface area contributed by atoms with Crippen molar-refractivity contribution in [2.75, 3.05) is 52.5 Å². The van der Waals surface area contributed by atoms with E-state index in [0.717, 1.165) is 6.92 Å². The molecule has 1 aliphatic rings. The van der Waals surface area contributed by atoms with E-state index in [1.807, 2.05) is 0 Å². The van der Waals surface area contributed by atoms with Gasteiger partial charge in [0.25, 0.3) is 0 Å². The molecule has 2 heterocycles. The molecule has 1 aliphatic heterocycles. The molecule has 0 bridgehead atoms. The van der Waals surface area contributed by atoms with Gasteiger partial charge in [0.2, 0.25) is 100 Å². The Morgan fingerprint density at radius 3 is 1.48 bits per heavy atom. The van der Waals surface area contributed by atoms with Crippen molar-refractivity contribution in [1.29, 1.82) is 10.8 Å². The van der Waals surface area contributed by atoms with Crippen LogP contribution in [0.15, 0.2) is 42.9 Å². The maximum Gasteiger partial charge on any atom is 0.326 e. The van der Waals surface area contributed by atoms with Crippen LogP contribution < -0.4 is 119 Å². The second kappa shape index (κ2) is 54.6. The molecule has 17 atom stereocenters. The third kappa shape index (κ3) is 37.3. The number of aliphatic hydroxyl groups is 3. The molecule has 1 saturated heterocycles. The van der Waals surface area contributed by atoms with E-state index in [-0.39, 0.29) is 109 Å². The van der Waals surface area contributed by atoms with E-state index in [9.17, 15) is 107 Å². The molecule has 1 aromatic heterocycles. The van der Waals surface area contributed by atoms with E-state index >= 15 is 0 Å². The fourth-order valence-electron chi connectivity index (χ4n) is 12.4. The van der Waals surface area contributed by atoms with Gasteiger partial charge in [-0.25, -0.2) is 9.78 Å². The van der Waals surface area contributed by atoms with Crippen molar-refractivity contribution in [1.82, 2.24) is 99.9 Å². The average Bonchev–Trinajstić information content (AvgIpc) is 1.65. The number of aromatic nitrogens is 2. The molecule has 0 spiro atoms. The summed E-state index contributed by atoms with van der Waals surface area (Å²) in [4.78, 5) is 253. The molecule has 49 heteroatoms. The third-order valence-corrected chi connectivity index (χ3v) is 19.9. The van der Waals surface area contributed by atoms with E-state index in [4.69, 9.17) is 45.2 Å². The number of aliphatic carboxylic acids is 1. The van der Waals surface area contributed by atoms with Gasteiger partial charge < -0.3 is 150 Å². The van der Waals surface area contributed by atoms with Gasteiger partial charge in [-0.15, -0.1) is 0 Å². The van der Waals surface area contributed by atoms with Crippen molar-refractivity contribution >= 4 is 118 Å². The second-order valence-corrected chi connectivity index (χ2v) is 29.8. The van der Waals surface area contributed by atoms with Gasteiger partial charge in [-0.2, -0.15) is 0 Å². The Balaban J connectivity index is 1.82. The maximum atomic E-state index is 14.7. The highest BCUT2D eigenvalue weighted by Gasteiger charge is 2.41. The van der Waals surface area contributed by atoms with Crippen molar-refractivity contribution in [2.24, 2.45) is 46.2 Å². The van der Waals surface area contributed by atoms with Crippen LogP contribution in [0.25, 0.3) is 0 Å². The van der Waals surface area contributed by atoms with E-state index in [1.54, 1.807) is 58.0 Å². The van der Waals surface area contributed by atoms with Crippen molar-refractivity contribution in [3.05, 3.63) is 54.1 Å². The number of likely N-dealkylation sites (tertiary alicyclic amines) is 1. The summed E-state index contributed by atoms with van der Waals surface area (Å²) >= 11 is 0. The van der Waals surface area contributed by atoms with E-state index in [2.05, 4.69) is 95.0 Å². The minimum absolute atomic E-state index is 0.0468. The quantitative estimate of drug-likeness (QED) is 0.0166. The van der Waals surface area contributed by atoms with E-state index in [1.165, 1.54) is 24.3 Å². The van der Waals surface area contributed by atoms with Gasteiger partial charge in [-0.05, 0) is 95.6 Å². The number of carboxylic acid groups (broad SMARTS) is 1. The number of H-pyrrole nitrogens is 1. The Morgan fingerprint density at radius 1 is 0.508 bits per heavy atom. The Hall–Kier alpha value is -12.8. The van der Waals surface area contributed by atoms with Gasteiger partial charge >= 0.3 is 5.97 Å². The lowest BCUT2D eigenvalue weighted by atomic mass is 9.96. The standard InChI is InChI=1S/C75H123N27O22/c1-7-37(3)57(70(120)88-33-56(109)102-26-16-22-52(102)69(119)87-32-55(108)91-44(20-14-24-85-74(80)81)62(112)90-39(5)60(110)97-50(73(123)124)27-41-17-10-9-11-18-41)99-66(116)47(28-42-31-84-36-89-42)96-71(121)58(38(4)8-2)100-68(118)51(35-104)98-64(114)45(19-12-13-23-76)92-63(113)46(21-15-25-86-75(82)83)93-72(122)59(40(6)105)101-67(117)49(30-54(79)107)95-65(115)48(29-53(78)106)94-61(111)43(77)34-103/h9-11,17-18,31,36-40,43-52,57-59,103-105H,7-8,12-16,19-30,32-35,76-77H2,1-6H3,(H2,78,106)(H2,79,107)(H,84,89)(H,87,119)(H,88,120)(H,90,112)(H,91,108)(H,92,113)(H,93,122)(H,94,111)(H,95,115)(H,96,121)(H,97,110)(H,98,114)(H,99,116)(H,100,118)(H,101,117)(H,123,124)(H4,80,81,85)(H4,82,83,86)/t37-,38-,39-,40+,43-,44-,45-,46-,47-,48-,49-,50-,51-,52-,57-,58-,59-/m0/s1. The smallest absolute Gasteiger partial charge is 0.326 e. The monoisotopic (exact) mass is 1750 g/mol. The van der Waals surface area contributed by atoms with Crippen LogP contribution in [0.1, 0.15) is 136 Å². The topological polar surface area (TPSA) is 816 Å². The number of benzene rings is 1. The van der Waals surface area contributed by atoms with Crippen molar-refractivity contribution in [3.8, 4) is 0 Å². The Morgan fingerprint density at radius 2 is 0.968 bits per heavy atom. The Labute approximate surface area is 714 Å². The fraction of sp³-hybridized carbons (Fsp3) is 0.613. The summed E-state index contributed by atoms with van der Waals surface area (Å²) in [7, 11) is 0. The van der Waals surface area contributed by atoms with Crippen molar-refractivity contribution in [2.45, 2.75) is 229 Å². The first kappa shape index (κ1) is 105. The summed E-state index contributed by atoms with van der Waals surface area (Å²) in [5, 5.41) is 94.7. The van der Waals surface area contributed by atoms with Crippen LogP contribution in [0.2, 0.25) is 0 Å². The molecule has 0 unspecified atom stereocenters. The van der Waals surface area contributed by atoms with Crippen LogP contribution in [0.5, 0.6) is 0 Å². The third-order valence-electron chi connectivity index (χ3n) is 19.9. The molecular weight excluding hydrogens is 1630 g/mol. The molecule has 49 nitrogen and oxygen atoms in total. The molecule has 0 saturated carbocycles. The summed E-state index contributed by atoms with van der Waals surface area (Å²) in [5.74, 6) is -21.1. The normalized spacial score (nSPS) is 16.1. The van der Waals surface area contributed by atoms with E-state index in [0.29, 0.717) is 17.7 Å². The largest absolute Gasteiger partial charge is 0.480 e. The Kier molecular flexibility index (Phi) is 46.4. The lowest BCUT2D eigenvalue weighted by molar-refractivity contribution is -0.142. The predicted molar refractivity (Wildman–Crippen MR) is 441 cm³/mol. The molecule has 1 aromatic carbocycles. The van der Waals surface area contributed by atoms with Crippen LogP contribution in [-0.4, -0.2) is 297 Å². The minimum Gasteiger partial charge on any atom is -0.480 e. The van der Waals surface area contributed by atoms with Crippen LogP contribution in [0.4, 0.5) is 0 Å². The lowest BCUT2D eigenvalue weighted by Crippen LogP contribution is -2.63. The van der Waals surface area contributed by atoms with Crippen LogP contribution in [-0.2, 0) is 99.1 Å². The Bertz CT molecular complexity index is 3980. The number of primary amides is 2. The number of nitrogens with zero attached hydrogens (tertiary/aromatic N) is 2. The first-order valence-electron chi connectivity index (χ1n) is 40.4. The maximum absolute atomic E-state index is 14.7. The predicted octanol–water partition coefficient (Wildman–Crippen LogP) is -11.5. The average molecular weight is 1750 g/mol. The van der Waals surface area contributed by atoms with Crippen LogP contribution >= 0.6 is 0 Å². The number of unbranched alkanes of at least 4 members (excludes halogenated alkanes) is 1. The van der Waals surface area contributed by atoms with Crippen molar-refractivity contribution < 1.29 is 107 Å². The summed E-state index contributed by atoms with van der Waals surface area (Å²) in [6, 6.07) is -13.7. The number of carbonyl (C=O) groups is 18. The number of imidazole rings is 1. The zero-order chi connectivity index (χ0) is 93.0. The number of guanidine groups is 2. The van der Waals surface area contributed by atoms with Gasteiger partial charge in [0.15, 0.2) is 11.9 Å². The lowest BCUT2D eigenvalue weighted by Gasteiger charge is -2.30.